The molecule has 2 saturated heterocycles. The van der Waals surface area contributed by atoms with Gasteiger partial charge in [-0.25, -0.2) is 4.98 Å². The molecule has 1 atom stereocenters. The molecule has 1 unspecified atom stereocenters. The SMILES string of the molecule is Cc1nn(C)c(Cl)c1/C=C/C(=O)N1CCCC(CN2CCN(c3ccccn3)CC2)C1. The van der Waals surface area contributed by atoms with Gasteiger partial charge in [-0.1, -0.05) is 17.7 Å². The van der Waals surface area contributed by atoms with Crippen LogP contribution in [0.1, 0.15) is 24.1 Å². The number of aryl methyl sites for hydroxylation is 2. The molecule has 0 bridgehead atoms. The number of amides is 1. The summed E-state index contributed by atoms with van der Waals surface area (Å²) in [7, 11) is 1.81. The summed E-state index contributed by atoms with van der Waals surface area (Å²) in [5.74, 6) is 1.65. The summed E-state index contributed by atoms with van der Waals surface area (Å²) in [6.45, 7) is 8.69. The van der Waals surface area contributed by atoms with Crippen LogP contribution in [0.2, 0.25) is 5.15 Å². The maximum atomic E-state index is 12.8. The van der Waals surface area contributed by atoms with Gasteiger partial charge in [0.15, 0.2) is 0 Å². The van der Waals surface area contributed by atoms with Crippen LogP contribution in [0.5, 0.6) is 0 Å². The van der Waals surface area contributed by atoms with Crippen LogP contribution in [0.3, 0.4) is 0 Å². The van der Waals surface area contributed by atoms with Crippen molar-refractivity contribution in [2.24, 2.45) is 13.0 Å². The van der Waals surface area contributed by atoms with Crippen molar-refractivity contribution < 1.29 is 4.79 Å². The first kappa shape index (κ1) is 21.8. The molecular formula is C23H31ClN6O. The van der Waals surface area contributed by atoms with E-state index in [-0.39, 0.29) is 5.91 Å². The predicted octanol–water partition coefficient (Wildman–Crippen LogP) is 2.85. The minimum absolute atomic E-state index is 0.0593. The molecule has 0 aliphatic carbocycles. The smallest absolute Gasteiger partial charge is 0.246 e. The minimum Gasteiger partial charge on any atom is -0.354 e. The topological polar surface area (TPSA) is 57.5 Å². The van der Waals surface area contributed by atoms with Crippen molar-refractivity contribution in [2.45, 2.75) is 19.8 Å². The highest BCUT2D eigenvalue weighted by atomic mass is 35.5. The number of carbonyl (C=O) groups excluding carboxylic acids is 1. The average Bonchev–Trinajstić information content (AvgIpc) is 3.04. The van der Waals surface area contributed by atoms with Gasteiger partial charge >= 0.3 is 0 Å². The molecule has 31 heavy (non-hydrogen) atoms. The summed E-state index contributed by atoms with van der Waals surface area (Å²) in [5, 5.41) is 4.86. The fourth-order valence-electron chi connectivity index (χ4n) is 4.58. The number of carbonyl (C=O) groups is 1. The van der Waals surface area contributed by atoms with E-state index in [0.29, 0.717) is 11.1 Å². The van der Waals surface area contributed by atoms with E-state index in [4.69, 9.17) is 11.6 Å². The third-order valence-electron chi connectivity index (χ3n) is 6.28. The molecule has 166 valence electrons. The molecule has 2 aromatic rings. The number of hydrogen-bond donors (Lipinski definition) is 0. The number of nitrogens with zero attached hydrogens (tertiary/aromatic N) is 6. The maximum absolute atomic E-state index is 12.8. The molecule has 0 aromatic carbocycles. The first-order valence-electron chi connectivity index (χ1n) is 11.1. The second-order valence-electron chi connectivity index (χ2n) is 8.51. The van der Waals surface area contributed by atoms with Crippen LogP contribution in [-0.4, -0.2) is 76.3 Å². The normalized spacial score (nSPS) is 20.5. The van der Waals surface area contributed by atoms with Crippen LogP contribution in [0, 0.1) is 12.8 Å². The van der Waals surface area contributed by atoms with Crippen molar-refractivity contribution in [1.82, 2.24) is 24.6 Å². The largest absolute Gasteiger partial charge is 0.354 e. The molecule has 0 N–H and O–H groups in total. The second-order valence-corrected chi connectivity index (χ2v) is 8.87. The highest BCUT2D eigenvalue weighted by molar-refractivity contribution is 6.31. The van der Waals surface area contributed by atoms with Crippen molar-refractivity contribution >= 4 is 29.4 Å². The van der Waals surface area contributed by atoms with E-state index in [1.807, 2.05) is 30.2 Å². The van der Waals surface area contributed by atoms with Gasteiger partial charge in [0.2, 0.25) is 5.91 Å². The van der Waals surface area contributed by atoms with Gasteiger partial charge in [0.1, 0.15) is 11.0 Å². The monoisotopic (exact) mass is 442 g/mol. The Bertz CT molecular complexity index is 920. The number of rotatable bonds is 5. The second kappa shape index (κ2) is 9.83. The Morgan fingerprint density at radius 2 is 2.03 bits per heavy atom. The lowest BCUT2D eigenvalue weighted by atomic mass is 9.97. The number of likely N-dealkylation sites (tertiary alicyclic amines) is 1. The molecule has 2 aromatic heterocycles. The van der Waals surface area contributed by atoms with Gasteiger partial charge in [-0.05, 0) is 43.9 Å². The molecule has 7 nitrogen and oxygen atoms in total. The fraction of sp³-hybridized carbons (Fsp3) is 0.522. The third-order valence-corrected chi connectivity index (χ3v) is 6.73. The number of pyridine rings is 1. The number of piperazine rings is 1. The summed E-state index contributed by atoms with van der Waals surface area (Å²) < 4.78 is 1.63. The molecule has 4 heterocycles. The summed E-state index contributed by atoms with van der Waals surface area (Å²) in [5.41, 5.74) is 1.65. The Kier molecular flexibility index (Phi) is 6.92. The molecule has 2 aliphatic heterocycles. The summed E-state index contributed by atoms with van der Waals surface area (Å²) >= 11 is 6.28. The molecular weight excluding hydrogens is 412 g/mol. The average molecular weight is 443 g/mol. The van der Waals surface area contributed by atoms with Crippen LogP contribution in [0.25, 0.3) is 6.08 Å². The molecule has 8 heteroatoms. The van der Waals surface area contributed by atoms with Crippen molar-refractivity contribution in [3.8, 4) is 0 Å². The summed E-state index contributed by atoms with van der Waals surface area (Å²) in [6, 6.07) is 6.08. The van der Waals surface area contributed by atoms with E-state index in [2.05, 4.69) is 25.9 Å². The lowest BCUT2D eigenvalue weighted by Gasteiger charge is -2.39. The zero-order chi connectivity index (χ0) is 21.8. The van der Waals surface area contributed by atoms with Crippen LogP contribution >= 0.6 is 11.6 Å². The summed E-state index contributed by atoms with van der Waals surface area (Å²) in [4.78, 5) is 24.1. The zero-order valence-corrected chi connectivity index (χ0v) is 19.1. The Morgan fingerprint density at radius 3 is 2.71 bits per heavy atom. The highest BCUT2D eigenvalue weighted by Crippen LogP contribution is 2.22. The summed E-state index contributed by atoms with van der Waals surface area (Å²) in [6.07, 6.45) is 7.54. The highest BCUT2D eigenvalue weighted by Gasteiger charge is 2.26. The standard InChI is InChI=1S/C23H31ClN6O/c1-18-20(23(24)27(2)26-18)8-9-22(31)30-11-5-6-19(17-30)16-28-12-14-29(15-13-28)21-7-3-4-10-25-21/h3-4,7-10,19H,5-6,11-17H2,1-2H3/b9-8+. The number of hydrogen-bond acceptors (Lipinski definition) is 5. The van der Waals surface area contributed by atoms with Gasteiger partial charge < -0.3 is 9.80 Å². The molecule has 2 aliphatic rings. The van der Waals surface area contributed by atoms with E-state index >= 15 is 0 Å². The Labute approximate surface area is 189 Å². The fourth-order valence-corrected chi connectivity index (χ4v) is 4.81. The van der Waals surface area contributed by atoms with E-state index < -0.39 is 0 Å². The first-order valence-corrected chi connectivity index (χ1v) is 11.4. The van der Waals surface area contributed by atoms with Crippen LogP contribution in [0.4, 0.5) is 5.82 Å². The van der Waals surface area contributed by atoms with Gasteiger partial charge in [-0.15, -0.1) is 0 Å². The van der Waals surface area contributed by atoms with Crippen LogP contribution in [0.15, 0.2) is 30.5 Å². The van der Waals surface area contributed by atoms with Crippen molar-refractivity contribution in [1.29, 1.82) is 0 Å². The lowest BCUT2D eigenvalue weighted by molar-refractivity contribution is -0.127. The zero-order valence-electron chi connectivity index (χ0n) is 18.4. The molecule has 0 radical (unpaired) electrons. The molecule has 1 amide bonds. The predicted molar refractivity (Wildman–Crippen MR) is 124 cm³/mol. The molecule has 0 spiro atoms. The maximum Gasteiger partial charge on any atom is 0.246 e. The van der Waals surface area contributed by atoms with Crippen LogP contribution < -0.4 is 4.90 Å². The van der Waals surface area contributed by atoms with E-state index in [9.17, 15) is 4.79 Å². The quantitative estimate of drug-likeness (QED) is 0.666. The Balaban J connectivity index is 1.28. The number of aromatic nitrogens is 3. The number of anilines is 1. The Hall–Kier alpha value is -2.38. The van der Waals surface area contributed by atoms with E-state index in [0.717, 1.165) is 69.3 Å². The Morgan fingerprint density at radius 1 is 1.23 bits per heavy atom. The first-order chi connectivity index (χ1) is 15.0. The molecule has 2 fully saturated rings. The lowest BCUT2D eigenvalue weighted by Crippen LogP contribution is -2.50. The molecule has 4 rings (SSSR count). The number of piperidine rings is 1. The van der Waals surface area contributed by atoms with Crippen molar-refractivity contribution in [2.75, 3.05) is 50.7 Å². The minimum atomic E-state index is 0.0593. The van der Waals surface area contributed by atoms with Gasteiger partial charge in [-0.2, -0.15) is 5.10 Å². The number of halogens is 1. The molecule has 0 saturated carbocycles. The van der Waals surface area contributed by atoms with E-state index in [1.54, 1.807) is 23.9 Å². The van der Waals surface area contributed by atoms with Gasteiger partial charge in [0.05, 0.1) is 5.69 Å². The van der Waals surface area contributed by atoms with Gasteiger partial charge in [0, 0.05) is 70.7 Å². The third kappa shape index (κ3) is 5.28. The van der Waals surface area contributed by atoms with Crippen molar-refractivity contribution in [3.05, 3.63) is 46.9 Å². The van der Waals surface area contributed by atoms with Gasteiger partial charge in [-0.3, -0.25) is 14.4 Å². The van der Waals surface area contributed by atoms with Crippen molar-refractivity contribution in [3.63, 3.8) is 0 Å². The van der Waals surface area contributed by atoms with Gasteiger partial charge in [0.25, 0.3) is 0 Å². The van der Waals surface area contributed by atoms with Crippen LogP contribution in [-0.2, 0) is 11.8 Å². The van der Waals surface area contributed by atoms with E-state index in [1.165, 1.54) is 6.42 Å².